The first-order valence-electron chi connectivity index (χ1n) is 12.3. The molecular weight excluding hydrogens is 516 g/mol. The number of benzene rings is 2. The van der Waals surface area contributed by atoms with Gasteiger partial charge in [0, 0.05) is 19.0 Å². The molecule has 1 aliphatic heterocycles. The van der Waals surface area contributed by atoms with Crippen LogP contribution in [0.5, 0.6) is 11.5 Å². The number of hydrogen-bond donors (Lipinski definition) is 1. The molecule has 3 aromatic rings. The van der Waals surface area contributed by atoms with Gasteiger partial charge in [-0.1, -0.05) is 6.07 Å². The standard InChI is InChI=1S/C28H28F4N4O3/c1-28(2,3)39-27(37)36-13-5-6-17(16-36)26(24-21(30)14-33-15-22(24)31)35-34-18-9-11-19(12-10-18)38-23-8-4-7-20(29)25(23)32/h4,7-12,14-15,17,34H,5-6,13,16H2,1-3H3/b35-26-. The van der Waals surface area contributed by atoms with Crippen molar-refractivity contribution in [3.8, 4) is 11.5 Å². The summed E-state index contributed by atoms with van der Waals surface area (Å²) >= 11 is 0. The number of aromatic nitrogens is 1. The molecule has 0 saturated carbocycles. The van der Waals surface area contributed by atoms with E-state index in [4.69, 9.17) is 9.47 Å². The maximum Gasteiger partial charge on any atom is 0.410 e. The largest absolute Gasteiger partial charge is 0.454 e. The first-order chi connectivity index (χ1) is 18.5. The predicted octanol–water partition coefficient (Wildman–Crippen LogP) is 6.89. The van der Waals surface area contributed by atoms with E-state index < -0.39 is 40.9 Å². The van der Waals surface area contributed by atoms with Gasteiger partial charge in [0.05, 0.1) is 29.4 Å². The van der Waals surface area contributed by atoms with Crippen molar-refractivity contribution in [1.29, 1.82) is 0 Å². The third kappa shape index (κ3) is 7.04. The van der Waals surface area contributed by atoms with Gasteiger partial charge in [0.2, 0.25) is 5.82 Å². The van der Waals surface area contributed by atoms with E-state index in [0.29, 0.717) is 25.1 Å². The maximum atomic E-state index is 14.8. The van der Waals surface area contributed by atoms with E-state index in [-0.39, 0.29) is 29.3 Å². The van der Waals surface area contributed by atoms with Crippen LogP contribution in [0.25, 0.3) is 0 Å². The van der Waals surface area contributed by atoms with Crippen LogP contribution in [-0.4, -0.2) is 40.4 Å². The van der Waals surface area contributed by atoms with Gasteiger partial charge in [0.1, 0.15) is 11.4 Å². The predicted molar refractivity (Wildman–Crippen MR) is 138 cm³/mol. The summed E-state index contributed by atoms with van der Waals surface area (Å²) in [5, 5.41) is 4.35. The molecule has 1 aromatic heterocycles. The summed E-state index contributed by atoms with van der Waals surface area (Å²) in [6.07, 6.45) is 2.41. The Bertz CT molecular complexity index is 1340. The van der Waals surface area contributed by atoms with E-state index in [2.05, 4.69) is 15.5 Å². The highest BCUT2D eigenvalue weighted by Crippen LogP contribution is 2.28. The molecule has 0 radical (unpaired) electrons. The van der Waals surface area contributed by atoms with E-state index >= 15 is 0 Å². The molecule has 206 valence electrons. The maximum absolute atomic E-state index is 14.8. The molecule has 1 N–H and O–H groups in total. The number of amides is 1. The smallest absolute Gasteiger partial charge is 0.410 e. The highest BCUT2D eigenvalue weighted by atomic mass is 19.2. The van der Waals surface area contributed by atoms with Crippen molar-refractivity contribution in [1.82, 2.24) is 9.88 Å². The second kappa shape index (κ2) is 11.7. The van der Waals surface area contributed by atoms with Crippen molar-refractivity contribution in [3.63, 3.8) is 0 Å². The van der Waals surface area contributed by atoms with Crippen molar-refractivity contribution in [2.45, 2.75) is 39.2 Å². The summed E-state index contributed by atoms with van der Waals surface area (Å²) in [5.74, 6) is -4.44. The summed E-state index contributed by atoms with van der Waals surface area (Å²) < 4.78 is 67.8. The van der Waals surface area contributed by atoms with Crippen molar-refractivity contribution in [2.24, 2.45) is 11.0 Å². The van der Waals surface area contributed by atoms with Crippen LogP contribution in [0.1, 0.15) is 39.2 Å². The average Bonchev–Trinajstić information content (AvgIpc) is 2.88. The molecule has 4 rings (SSSR count). The number of carbonyl (C=O) groups excluding carboxylic acids is 1. The van der Waals surface area contributed by atoms with Gasteiger partial charge in [-0.05, 0) is 70.0 Å². The van der Waals surface area contributed by atoms with Gasteiger partial charge in [0.15, 0.2) is 23.2 Å². The van der Waals surface area contributed by atoms with Crippen LogP contribution >= 0.6 is 0 Å². The molecule has 1 fully saturated rings. The molecule has 7 nitrogen and oxygen atoms in total. The second-order valence-corrected chi connectivity index (χ2v) is 10.0. The topological polar surface area (TPSA) is 76.0 Å². The van der Waals surface area contributed by atoms with Gasteiger partial charge >= 0.3 is 6.09 Å². The molecule has 1 aliphatic rings. The highest BCUT2D eigenvalue weighted by molar-refractivity contribution is 6.03. The third-order valence-corrected chi connectivity index (χ3v) is 5.87. The quantitative estimate of drug-likeness (QED) is 0.208. The minimum atomic E-state index is -1.11. The first kappa shape index (κ1) is 27.9. The number of piperidine rings is 1. The van der Waals surface area contributed by atoms with E-state index in [0.717, 1.165) is 18.5 Å². The number of ether oxygens (including phenoxy) is 2. The van der Waals surface area contributed by atoms with Crippen molar-refractivity contribution in [3.05, 3.63) is 83.7 Å². The monoisotopic (exact) mass is 544 g/mol. The Balaban J connectivity index is 1.57. The van der Waals surface area contributed by atoms with Crippen LogP contribution in [0.4, 0.5) is 28.0 Å². The Morgan fingerprint density at radius 1 is 1.03 bits per heavy atom. The Hall–Kier alpha value is -4.15. The van der Waals surface area contributed by atoms with Gasteiger partial charge in [-0.15, -0.1) is 0 Å². The molecule has 0 aliphatic carbocycles. The average molecular weight is 545 g/mol. The summed E-state index contributed by atoms with van der Waals surface area (Å²) in [6, 6.07) is 9.72. The molecule has 1 atom stereocenters. The molecule has 1 unspecified atom stereocenters. The zero-order valence-corrected chi connectivity index (χ0v) is 21.7. The zero-order valence-electron chi connectivity index (χ0n) is 21.7. The number of pyridine rings is 1. The second-order valence-electron chi connectivity index (χ2n) is 10.0. The van der Waals surface area contributed by atoms with Gasteiger partial charge in [0.25, 0.3) is 0 Å². The summed E-state index contributed by atoms with van der Waals surface area (Å²) in [6.45, 7) is 5.88. The fraction of sp³-hybridized carbons (Fsp3) is 0.321. The SMILES string of the molecule is CC(C)(C)OC(=O)N1CCCC(/C(=N/Nc2ccc(Oc3cccc(F)c3F)cc2)c2c(F)cncc2F)C1. The fourth-order valence-electron chi connectivity index (χ4n) is 4.11. The Kier molecular flexibility index (Phi) is 8.37. The lowest BCUT2D eigenvalue weighted by Gasteiger charge is -2.34. The van der Waals surface area contributed by atoms with Gasteiger partial charge < -0.3 is 14.4 Å². The number of rotatable bonds is 6. The molecule has 1 amide bonds. The Morgan fingerprint density at radius 2 is 1.72 bits per heavy atom. The highest BCUT2D eigenvalue weighted by Gasteiger charge is 2.32. The first-order valence-corrected chi connectivity index (χ1v) is 12.3. The molecule has 0 spiro atoms. The minimum absolute atomic E-state index is 0.0859. The normalized spacial score (nSPS) is 16.1. The van der Waals surface area contributed by atoms with Gasteiger partial charge in [-0.25, -0.2) is 18.0 Å². The number of carbonyl (C=O) groups is 1. The molecule has 39 heavy (non-hydrogen) atoms. The van der Waals surface area contributed by atoms with Gasteiger partial charge in [-0.2, -0.15) is 9.49 Å². The zero-order chi connectivity index (χ0) is 28.2. The molecular formula is C28H28F4N4O3. The van der Waals surface area contributed by atoms with Crippen LogP contribution in [0, 0.1) is 29.2 Å². The van der Waals surface area contributed by atoms with Crippen LogP contribution < -0.4 is 10.2 Å². The van der Waals surface area contributed by atoms with Crippen molar-refractivity contribution < 1.29 is 31.8 Å². The minimum Gasteiger partial charge on any atom is -0.454 e. The lowest BCUT2D eigenvalue weighted by atomic mass is 9.89. The van der Waals surface area contributed by atoms with E-state index in [1.54, 1.807) is 32.9 Å². The van der Waals surface area contributed by atoms with Crippen molar-refractivity contribution in [2.75, 3.05) is 18.5 Å². The third-order valence-electron chi connectivity index (χ3n) is 5.87. The molecule has 11 heteroatoms. The van der Waals surface area contributed by atoms with Gasteiger partial charge in [-0.3, -0.25) is 10.4 Å². The van der Waals surface area contributed by atoms with Crippen LogP contribution in [0.15, 0.2) is 60.0 Å². The molecule has 2 heterocycles. The number of likely N-dealkylation sites (tertiary alicyclic amines) is 1. The number of hydrazone groups is 1. The van der Waals surface area contributed by atoms with Crippen LogP contribution in [0.2, 0.25) is 0 Å². The number of nitrogens with one attached hydrogen (secondary N) is 1. The molecule has 0 bridgehead atoms. The summed E-state index contributed by atoms with van der Waals surface area (Å²) in [7, 11) is 0. The Labute approximate surface area is 223 Å². The lowest BCUT2D eigenvalue weighted by molar-refractivity contribution is 0.0194. The van der Waals surface area contributed by atoms with Crippen molar-refractivity contribution >= 4 is 17.5 Å². The molecule has 1 saturated heterocycles. The van der Waals surface area contributed by atoms with Crippen LogP contribution in [-0.2, 0) is 4.74 Å². The number of halogens is 4. The molecule has 2 aromatic carbocycles. The summed E-state index contributed by atoms with van der Waals surface area (Å²) in [5.41, 5.74) is 2.29. The number of anilines is 1. The number of hydrogen-bond acceptors (Lipinski definition) is 6. The van der Waals surface area contributed by atoms with E-state index in [1.807, 2.05) is 0 Å². The Morgan fingerprint density at radius 3 is 2.38 bits per heavy atom. The van der Waals surface area contributed by atoms with Crippen LogP contribution in [0.3, 0.4) is 0 Å². The fourth-order valence-corrected chi connectivity index (χ4v) is 4.11. The van der Waals surface area contributed by atoms with E-state index in [9.17, 15) is 22.4 Å². The number of nitrogens with zero attached hydrogens (tertiary/aromatic N) is 3. The van der Waals surface area contributed by atoms with E-state index in [1.165, 1.54) is 29.2 Å². The lowest BCUT2D eigenvalue weighted by Crippen LogP contribution is -2.45. The summed E-state index contributed by atoms with van der Waals surface area (Å²) in [4.78, 5) is 17.7.